The number of hydrogen-bond acceptors (Lipinski definition) is 3. The number of carbonyl (C=O) groups excluding carboxylic acids is 1. The lowest BCUT2D eigenvalue weighted by Gasteiger charge is -2.27. The van der Waals surface area contributed by atoms with E-state index in [-0.39, 0.29) is 18.4 Å². The van der Waals surface area contributed by atoms with Crippen LogP contribution in [0.4, 0.5) is 0 Å². The number of benzene rings is 1. The zero-order valence-corrected chi connectivity index (χ0v) is 13.7. The molecule has 0 saturated heterocycles. The van der Waals surface area contributed by atoms with Crippen LogP contribution in [-0.4, -0.2) is 17.6 Å². The molecule has 1 aromatic carbocycles. The molecule has 1 aromatic heterocycles. The molecule has 1 aliphatic carbocycles. The number of thiophene rings is 1. The van der Waals surface area contributed by atoms with E-state index in [1.54, 1.807) is 11.3 Å². The van der Waals surface area contributed by atoms with Crippen LogP contribution in [0.5, 0.6) is 0 Å². The number of aryl methyl sites for hydroxylation is 2. The van der Waals surface area contributed by atoms with E-state index in [2.05, 4.69) is 5.32 Å². The van der Waals surface area contributed by atoms with Crippen molar-refractivity contribution in [3.8, 4) is 0 Å². The van der Waals surface area contributed by atoms with Crippen molar-refractivity contribution in [1.82, 2.24) is 5.32 Å². The maximum Gasteiger partial charge on any atom is 0.251 e. The molecule has 1 atom stereocenters. The molecule has 22 heavy (non-hydrogen) atoms. The molecule has 1 aliphatic rings. The molecule has 0 radical (unpaired) electrons. The summed E-state index contributed by atoms with van der Waals surface area (Å²) in [5, 5.41) is 15.9. The molecule has 2 aromatic rings. The Bertz CT molecular complexity index is 656. The minimum Gasteiger partial charge on any atom is -0.382 e. The van der Waals surface area contributed by atoms with E-state index < -0.39 is 5.60 Å². The Morgan fingerprint density at radius 1 is 1.32 bits per heavy atom. The number of aliphatic hydroxyl groups is 1. The van der Waals surface area contributed by atoms with E-state index in [0.717, 1.165) is 28.8 Å². The molecule has 0 spiro atoms. The third kappa shape index (κ3) is 3.08. The third-order valence-electron chi connectivity index (χ3n) is 4.20. The monoisotopic (exact) mass is 315 g/mol. The molecule has 3 nitrogen and oxygen atoms in total. The Hall–Kier alpha value is -1.65. The van der Waals surface area contributed by atoms with Crippen molar-refractivity contribution in [3.63, 3.8) is 0 Å². The Labute approximate surface area is 135 Å². The minimum atomic E-state index is -0.928. The highest BCUT2D eigenvalue weighted by Gasteiger charge is 2.45. The van der Waals surface area contributed by atoms with E-state index in [4.69, 9.17) is 0 Å². The molecule has 1 amide bonds. The van der Waals surface area contributed by atoms with Gasteiger partial charge in [0, 0.05) is 10.4 Å². The summed E-state index contributed by atoms with van der Waals surface area (Å²) < 4.78 is 0. The molecule has 2 N–H and O–H groups in total. The van der Waals surface area contributed by atoms with Gasteiger partial charge in [0.25, 0.3) is 5.91 Å². The van der Waals surface area contributed by atoms with Gasteiger partial charge < -0.3 is 10.4 Å². The molecule has 116 valence electrons. The summed E-state index contributed by atoms with van der Waals surface area (Å²) in [5.74, 6) is 0.133. The van der Waals surface area contributed by atoms with Crippen molar-refractivity contribution >= 4 is 17.2 Å². The Morgan fingerprint density at radius 3 is 2.55 bits per heavy atom. The first-order valence-corrected chi connectivity index (χ1v) is 8.50. The summed E-state index contributed by atoms with van der Waals surface area (Å²) in [4.78, 5) is 13.3. The highest BCUT2D eigenvalue weighted by molar-refractivity contribution is 7.10. The average molecular weight is 315 g/mol. The van der Waals surface area contributed by atoms with Gasteiger partial charge in [0.2, 0.25) is 0 Å². The predicted octanol–water partition coefficient (Wildman–Crippen LogP) is 3.39. The van der Waals surface area contributed by atoms with Gasteiger partial charge in [-0.1, -0.05) is 23.3 Å². The van der Waals surface area contributed by atoms with Crippen molar-refractivity contribution in [3.05, 3.63) is 57.3 Å². The second-order valence-corrected chi connectivity index (χ2v) is 7.18. The zero-order chi connectivity index (χ0) is 15.7. The van der Waals surface area contributed by atoms with Gasteiger partial charge >= 0.3 is 0 Å². The Morgan fingerprint density at radius 2 is 2.00 bits per heavy atom. The summed E-state index contributed by atoms with van der Waals surface area (Å²) in [7, 11) is 0. The molecule has 1 heterocycles. The SMILES string of the molecule is Cc1cc(C)cc(C(=O)NCC(O)(c2cccs2)C2CC2)c1. The molecule has 0 bridgehead atoms. The average Bonchev–Trinajstić information content (AvgIpc) is 3.18. The van der Waals surface area contributed by atoms with Gasteiger partial charge in [-0.05, 0) is 56.2 Å². The van der Waals surface area contributed by atoms with Gasteiger partial charge in [0.1, 0.15) is 5.60 Å². The first-order valence-electron chi connectivity index (χ1n) is 7.62. The largest absolute Gasteiger partial charge is 0.382 e. The van der Waals surface area contributed by atoms with Crippen molar-refractivity contribution in [2.45, 2.75) is 32.3 Å². The molecule has 1 fully saturated rings. The van der Waals surface area contributed by atoms with Crippen LogP contribution in [0.2, 0.25) is 0 Å². The number of carbonyl (C=O) groups is 1. The normalized spacial score (nSPS) is 17.0. The lowest BCUT2D eigenvalue weighted by atomic mass is 9.95. The number of nitrogens with one attached hydrogen (secondary N) is 1. The lowest BCUT2D eigenvalue weighted by Crippen LogP contribution is -2.42. The van der Waals surface area contributed by atoms with Crippen LogP contribution in [-0.2, 0) is 5.60 Å². The number of rotatable bonds is 5. The predicted molar refractivity (Wildman–Crippen MR) is 89.2 cm³/mol. The first-order chi connectivity index (χ1) is 10.5. The third-order valence-corrected chi connectivity index (χ3v) is 5.24. The van der Waals surface area contributed by atoms with Crippen LogP contribution in [0, 0.1) is 19.8 Å². The van der Waals surface area contributed by atoms with Crippen LogP contribution < -0.4 is 5.32 Å². The summed E-state index contributed by atoms with van der Waals surface area (Å²) in [6, 6.07) is 9.70. The van der Waals surface area contributed by atoms with Crippen molar-refractivity contribution < 1.29 is 9.90 Å². The minimum absolute atomic E-state index is 0.123. The van der Waals surface area contributed by atoms with Crippen LogP contribution in [0.3, 0.4) is 0 Å². The van der Waals surface area contributed by atoms with Crippen LogP contribution in [0.15, 0.2) is 35.7 Å². The van der Waals surface area contributed by atoms with Gasteiger partial charge in [-0.2, -0.15) is 0 Å². The smallest absolute Gasteiger partial charge is 0.251 e. The second kappa shape index (κ2) is 5.86. The maximum atomic E-state index is 12.4. The second-order valence-electron chi connectivity index (χ2n) is 6.23. The summed E-state index contributed by atoms with van der Waals surface area (Å²) in [6.45, 7) is 4.23. The van der Waals surface area contributed by atoms with E-state index in [9.17, 15) is 9.90 Å². The standard InChI is InChI=1S/C18H21NO2S/c1-12-8-13(2)10-14(9-12)17(20)19-11-18(21,15-5-6-15)16-4-3-7-22-16/h3-4,7-10,15,21H,5-6,11H2,1-2H3,(H,19,20). The van der Waals surface area contributed by atoms with Crippen LogP contribution in [0.1, 0.15) is 39.2 Å². The van der Waals surface area contributed by atoms with E-state index >= 15 is 0 Å². The number of amides is 1. The fraction of sp³-hybridized carbons (Fsp3) is 0.389. The fourth-order valence-corrected chi connectivity index (χ4v) is 3.85. The summed E-state index contributed by atoms with van der Waals surface area (Å²) in [5.41, 5.74) is 1.87. The molecule has 1 saturated carbocycles. The Kier molecular flexibility index (Phi) is 4.06. The molecule has 4 heteroatoms. The molecule has 1 unspecified atom stereocenters. The Balaban J connectivity index is 1.74. The van der Waals surface area contributed by atoms with Gasteiger partial charge in [-0.15, -0.1) is 11.3 Å². The fourth-order valence-electron chi connectivity index (χ4n) is 2.94. The van der Waals surface area contributed by atoms with Crippen molar-refractivity contribution in [1.29, 1.82) is 0 Å². The van der Waals surface area contributed by atoms with Gasteiger partial charge in [0.15, 0.2) is 0 Å². The van der Waals surface area contributed by atoms with Crippen LogP contribution in [0.25, 0.3) is 0 Å². The molecule has 3 rings (SSSR count). The zero-order valence-electron chi connectivity index (χ0n) is 12.9. The first kappa shape index (κ1) is 15.3. The quantitative estimate of drug-likeness (QED) is 0.888. The lowest BCUT2D eigenvalue weighted by molar-refractivity contribution is 0.0169. The van der Waals surface area contributed by atoms with E-state index in [0.29, 0.717) is 5.56 Å². The van der Waals surface area contributed by atoms with Gasteiger partial charge in [-0.25, -0.2) is 0 Å². The van der Waals surface area contributed by atoms with Gasteiger partial charge in [-0.3, -0.25) is 4.79 Å². The molecular formula is C18H21NO2S. The molecular weight excluding hydrogens is 294 g/mol. The highest BCUT2D eigenvalue weighted by Crippen LogP contribution is 2.46. The van der Waals surface area contributed by atoms with Crippen molar-refractivity contribution in [2.75, 3.05) is 6.54 Å². The highest BCUT2D eigenvalue weighted by atomic mass is 32.1. The molecule has 0 aliphatic heterocycles. The van der Waals surface area contributed by atoms with E-state index in [1.807, 2.05) is 49.6 Å². The summed E-state index contributed by atoms with van der Waals surface area (Å²) in [6.07, 6.45) is 2.04. The van der Waals surface area contributed by atoms with Gasteiger partial charge in [0.05, 0.1) is 6.54 Å². The number of hydrogen-bond donors (Lipinski definition) is 2. The van der Waals surface area contributed by atoms with E-state index in [1.165, 1.54) is 0 Å². The maximum absolute atomic E-state index is 12.4. The summed E-state index contributed by atoms with van der Waals surface area (Å²) >= 11 is 1.55. The van der Waals surface area contributed by atoms with Crippen molar-refractivity contribution in [2.24, 2.45) is 5.92 Å². The van der Waals surface area contributed by atoms with Crippen LogP contribution >= 0.6 is 11.3 Å². The topological polar surface area (TPSA) is 49.3 Å².